The molecule has 0 radical (unpaired) electrons. The molecule has 1 unspecified atom stereocenters. The largest absolute Gasteiger partial charge is 0.495 e. The summed E-state index contributed by atoms with van der Waals surface area (Å²) in [4.78, 5) is 0. The summed E-state index contributed by atoms with van der Waals surface area (Å²) in [7, 11) is 1.64. The summed E-state index contributed by atoms with van der Waals surface area (Å²) < 4.78 is 20.2. The lowest BCUT2D eigenvalue weighted by Crippen LogP contribution is -2.09. The summed E-state index contributed by atoms with van der Waals surface area (Å²) >= 11 is 6.68. The molecule has 2 aromatic carbocycles. The Labute approximate surface area is 141 Å². The highest BCUT2D eigenvalue weighted by Gasteiger charge is 2.13. The van der Waals surface area contributed by atoms with Crippen molar-refractivity contribution < 1.29 is 9.13 Å². The molecule has 0 fully saturated rings. The predicted octanol–water partition coefficient (Wildman–Crippen LogP) is 5.84. The molecule has 0 amide bonds. The van der Waals surface area contributed by atoms with E-state index in [1.165, 1.54) is 6.07 Å². The van der Waals surface area contributed by atoms with Crippen molar-refractivity contribution in [3.8, 4) is 5.75 Å². The number of benzene rings is 2. The fourth-order valence-electron chi connectivity index (χ4n) is 2.14. The molecule has 5 heteroatoms. The number of rotatable bonds is 4. The molecule has 21 heavy (non-hydrogen) atoms. The zero-order valence-electron chi connectivity index (χ0n) is 12.0. The van der Waals surface area contributed by atoms with Crippen LogP contribution in [0.3, 0.4) is 0 Å². The lowest BCUT2D eigenvalue weighted by Gasteiger charge is -2.20. The number of nitrogens with one attached hydrogen (secondary N) is 1. The Bertz CT molecular complexity index is 661. The SMILES string of the molecule is COc1cc(Br)cc(C)c1NC(C)c1ccc(F)c(Br)c1. The van der Waals surface area contributed by atoms with E-state index in [2.05, 4.69) is 37.2 Å². The van der Waals surface area contributed by atoms with E-state index >= 15 is 0 Å². The highest BCUT2D eigenvalue weighted by Crippen LogP contribution is 2.35. The maximum Gasteiger partial charge on any atom is 0.143 e. The zero-order valence-corrected chi connectivity index (χ0v) is 15.2. The van der Waals surface area contributed by atoms with Gasteiger partial charge in [0.25, 0.3) is 0 Å². The molecular weight excluding hydrogens is 401 g/mol. The van der Waals surface area contributed by atoms with E-state index in [-0.39, 0.29) is 11.9 Å². The predicted molar refractivity (Wildman–Crippen MR) is 91.6 cm³/mol. The second-order valence-corrected chi connectivity index (χ2v) is 6.61. The molecule has 2 aromatic rings. The second-order valence-electron chi connectivity index (χ2n) is 4.84. The van der Waals surface area contributed by atoms with Gasteiger partial charge in [0.15, 0.2) is 0 Å². The number of hydrogen-bond donors (Lipinski definition) is 1. The molecule has 1 atom stereocenters. The molecule has 2 nitrogen and oxygen atoms in total. The fourth-order valence-corrected chi connectivity index (χ4v) is 3.09. The Hall–Kier alpha value is -1.07. The van der Waals surface area contributed by atoms with Gasteiger partial charge in [-0.3, -0.25) is 0 Å². The van der Waals surface area contributed by atoms with Crippen LogP contribution >= 0.6 is 31.9 Å². The topological polar surface area (TPSA) is 21.3 Å². The van der Waals surface area contributed by atoms with Crippen molar-refractivity contribution in [2.45, 2.75) is 19.9 Å². The number of hydrogen-bond acceptors (Lipinski definition) is 2. The number of anilines is 1. The molecule has 0 bridgehead atoms. The van der Waals surface area contributed by atoms with Crippen LogP contribution in [-0.2, 0) is 0 Å². The summed E-state index contributed by atoms with van der Waals surface area (Å²) in [6.45, 7) is 4.05. The lowest BCUT2D eigenvalue weighted by atomic mass is 10.1. The van der Waals surface area contributed by atoms with Gasteiger partial charge in [0.05, 0.1) is 17.3 Å². The van der Waals surface area contributed by atoms with E-state index in [0.717, 1.165) is 27.0 Å². The second kappa shape index (κ2) is 6.79. The minimum absolute atomic E-state index is 0.0238. The van der Waals surface area contributed by atoms with Crippen molar-refractivity contribution in [2.75, 3.05) is 12.4 Å². The van der Waals surface area contributed by atoms with Gasteiger partial charge >= 0.3 is 0 Å². The molecule has 0 aliphatic rings. The number of aryl methyl sites for hydroxylation is 1. The highest BCUT2D eigenvalue weighted by atomic mass is 79.9. The summed E-state index contributed by atoms with van der Waals surface area (Å²) in [5.74, 6) is 0.512. The minimum atomic E-state index is -0.261. The van der Waals surface area contributed by atoms with Crippen molar-refractivity contribution in [3.63, 3.8) is 0 Å². The van der Waals surface area contributed by atoms with Gasteiger partial charge < -0.3 is 10.1 Å². The van der Waals surface area contributed by atoms with Crippen molar-refractivity contribution in [3.05, 3.63) is 56.2 Å². The van der Waals surface area contributed by atoms with Crippen molar-refractivity contribution in [1.82, 2.24) is 0 Å². The molecule has 0 saturated heterocycles. The highest BCUT2D eigenvalue weighted by molar-refractivity contribution is 9.10. The molecular formula is C16H16Br2FNO. The van der Waals surface area contributed by atoms with Crippen LogP contribution in [0.1, 0.15) is 24.1 Å². The molecule has 1 N–H and O–H groups in total. The quantitative estimate of drug-likeness (QED) is 0.675. The van der Waals surface area contributed by atoms with Crippen molar-refractivity contribution in [2.24, 2.45) is 0 Å². The fraction of sp³-hybridized carbons (Fsp3) is 0.250. The van der Waals surface area contributed by atoms with Crippen LogP contribution in [0, 0.1) is 12.7 Å². The summed E-state index contributed by atoms with van der Waals surface area (Å²) in [5.41, 5.74) is 3.01. The van der Waals surface area contributed by atoms with Crippen LogP contribution in [-0.4, -0.2) is 7.11 Å². The van der Waals surface area contributed by atoms with Gasteiger partial charge in [-0.1, -0.05) is 22.0 Å². The van der Waals surface area contributed by atoms with E-state index in [1.54, 1.807) is 19.2 Å². The Morgan fingerprint density at radius 2 is 1.90 bits per heavy atom. The van der Waals surface area contributed by atoms with Crippen molar-refractivity contribution in [1.29, 1.82) is 0 Å². The lowest BCUT2D eigenvalue weighted by molar-refractivity contribution is 0.415. The van der Waals surface area contributed by atoms with E-state index < -0.39 is 0 Å². The number of methoxy groups -OCH3 is 1. The van der Waals surface area contributed by atoms with Gasteiger partial charge in [-0.25, -0.2) is 4.39 Å². The summed E-state index contributed by atoms with van der Waals surface area (Å²) in [6, 6.07) is 8.99. The van der Waals surface area contributed by atoms with Crippen LogP contribution in [0.25, 0.3) is 0 Å². The monoisotopic (exact) mass is 415 g/mol. The van der Waals surface area contributed by atoms with Crippen LogP contribution in [0.5, 0.6) is 5.75 Å². The number of halogens is 3. The van der Waals surface area contributed by atoms with E-state index in [4.69, 9.17) is 4.74 Å². The van der Waals surface area contributed by atoms with E-state index in [0.29, 0.717) is 4.47 Å². The summed E-state index contributed by atoms with van der Waals surface area (Å²) in [5, 5.41) is 3.43. The van der Waals surface area contributed by atoms with Crippen LogP contribution < -0.4 is 10.1 Å². The molecule has 0 heterocycles. The van der Waals surface area contributed by atoms with E-state index in [1.807, 2.05) is 26.0 Å². The Morgan fingerprint density at radius 3 is 2.52 bits per heavy atom. The third-order valence-electron chi connectivity index (χ3n) is 3.29. The maximum atomic E-state index is 13.3. The normalized spacial score (nSPS) is 12.1. The first kappa shape index (κ1) is 16.3. The Balaban J connectivity index is 2.31. The minimum Gasteiger partial charge on any atom is -0.495 e. The molecule has 0 spiro atoms. The first-order valence-electron chi connectivity index (χ1n) is 6.48. The van der Waals surface area contributed by atoms with Gasteiger partial charge in [-0.15, -0.1) is 0 Å². The number of ether oxygens (including phenoxy) is 1. The average molecular weight is 417 g/mol. The van der Waals surface area contributed by atoms with Gasteiger partial charge in [-0.05, 0) is 65.2 Å². The van der Waals surface area contributed by atoms with Gasteiger partial charge in [0.1, 0.15) is 11.6 Å². The first-order valence-corrected chi connectivity index (χ1v) is 8.06. The molecule has 0 aliphatic heterocycles. The van der Waals surface area contributed by atoms with Gasteiger partial charge in [-0.2, -0.15) is 0 Å². The standard InChI is InChI=1S/C16H16Br2FNO/c1-9-6-12(17)8-15(21-3)16(9)20-10(2)11-4-5-14(19)13(18)7-11/h4-8,10,20H,1-3H3. The van der Waals surface area contributed by atoms with E-state index in [9.17, 15) is 4.39 Å². The van der Waals surface area contributed by atoms with Crippen LogP contribution in [0.15, 0.2) is 39.3 Å². The Morgan fingerprint density at radius 1 is 1.19 bits per heavy atom. The Kier molecular flexibility index (Phi) is 5.27. The maximum absolute atomic E-state index is 13.3. The smallest absolute Gasteiger partial charge is 0.143 e. The van der Waals surface area contributed by atoms with Crippen molar-refractivity contribution >= 4 is 37.5 Å². The molecule has 0 aliphatic carbocycles. The zero-order chi connectivity index (χ0) is 15.6. The molecule has 112 valence electrons. The summed E-state index contributed by atoms with van der Waals surface area (Å²) in [6.07, 6.45) is 0. The third kappa shape index (κ3) is 3.77. The van der Waals surface area contributed by atoms with Crippen LogP contribution in [0.2, 0.25) is 0 Å². The third-order valence-corrected chi connectivity index (χ3v) is 4.35. The van der Waals surface area contributed by atoms with Crippen LogP contribution in [0.4, 0.5) is 10.1 Å². The molecule has 2 rings (SSSR count). The van der Waals surface area contributed by atoms with Gasteiger partial charge in [0, 0.05) is 10.5 Å². The molecule has 0 saturated carbocycles. The molecule has 0 aromatic heterocycles. The van der Waals surface area contributed by atoms with Gasteiger partial charge in [0.2, 0.25) is 0 Å². The average Bonchev–Trinajstić information content (AvgIpc) is 2.44. The first-order chi connectivity index (χ1) is 9.92.